The minimum atomic E-state index is -4.48. The Balaban J connectivity index is 1.46. The van der Waals surface area contributed by atoms with E-state index in [4.69, 9.17) is 9.26 Å². The molecule has 0 radical (unpaired) electrons. The molecule has 0 spiro atoms. The Kier molecular flexibility index (Phi) is 4.61. The Morgan fingerprint density at radius 1 is 1.31 bits per heavy atom. The fourth-order valence-electron chi connectivity index (χ4n) is 2.77. The zero-order valence-electron chi connectivity index (χ0n) is 15.1. The van der Waals surface area contributed by atoms with Crippen LogP contribution >= 0.6 is 11.3 Å². The van der Waals surface area contributed by atoms with Crippen molar-refractivity contribution in [1.82, 2.24) is 19.9 Å². The lowest BCUT2D eigenvalue weighted by atomic mass is 10.1. The Bertz CT molecular complexity index is 1170. The summed E-state index contributed by atoms with van der Waals surface area (Å²) in [6, 6.07) is 6.27. The molecule has 0 unspecified atom stereocenters. The second-order valence-electron chi connectivity index (χ2n) is 6.20. The number of carbonyl (C=O) groups is 1. The van der Waals surface area contributed by atoms with Gasteiger partial charge in [-0.25, -0.2) is 4.79 Å². The van der Waals surface area contributed by atoms with Gasteiger partial charge in [0.05, 0.1) is 11.3 Å². The molecule has 4 rings (SSSR count). The highest BCUT2D eigenvalue weighted by Gasteiger charge is 2.30. The number of alkyl halides is 3. The molecule has 0 aliphatic carbocycles. The molecule has 11 heteroatoms. The van der Waals surface area contributed by atoms with E-state index in [-0.39, 0.29) is 23.9 Å². The predicted octanol–water partition coefficient (Wildman–Crippen LogP) is 4.37. The summed E-state index contributed by atoms with van der Waals surface area (Å²) in [4.78, 5) is 17.5. The minimum absolute atomic E-state index is 0.0225. The number of aromatic nitrogens is 4. The van der Waals surface area contributed by atoms with Gasteiger partial charge in [0, 0.05) is 18.0 Å². The molecule has 3 heterocycles. The van der Waals surface area contributed by atoms with Gasteiger partial charge in [-0.1, -0.05) is 17.3 Å². The number of thiophene rings is 1. The van der Waals surface area contributed by atoms with E-state index in [9.17, 15) is 18.0 Å². The van der Waals surface area contributed by atoms with Crippen molar-refractivity contribution in [3.8, 4) is 11.4 Å². The molecular formula is C18H13F3N4O3S. The lowest BCUT2D eigenvalue weighted by Gasteiger charge is -2.06. The summed E-state index contributed by atoms with van der Waals surface area (Å²) in [5.74, 6) is -0.611. The summed E-state index contributed by atoms with van der Waals surface area (Å²) in [5.41, 5.74) is 0.136. The summed E-state index contributed by atoms with van der Waals surface area (Å²) in [6.07, 6.45) is -4.48. The number of carbonyl (C=O) groups excluding carboxylic acids is 1. The first-order chi connectivity index (χ1) is 13.7. The number of ether oxygens (including phenoxy) is 1. The Labute approximate surface area is 165 Å². The van der Waals surface area contributed by atoms with Gasteiger partial charge in [-0.15, -0.1) is 11.3 Å². The van der Waals surface area contributed by atoms with Crippen molar-refractivity contribution in [3.63, 3.8) is 0 Å². The molecule has 7 nitrogen and oxygen atoms in total. The van der Waals surface area contributed by atoms with E-state index in [1.165, 1.54) is 23.5 Å². The smallest absolute Gasteiger partial charge is 0.416 e. The summed E-state index contributed by atoms with van der Waals surface area (Å²) in [7, 11) is 1.79. The average molecular weight is 422 g/mol. The van der Waals surface area contributed by atoms with Crippen LogP contribution in [0.15, 0.2) is 34.9 Å². The summed E-state index contributed by atoms with van der Waals surface area (Å²) in [5, 5.41) is 8.79. The minimum Gasteiger partial charge on any atom is -0.451 e. The first-order valence-corrected chi connectivity index (χ1v) is 9.14. The van der Waals surface area contributed by atoms with Crippen LogP contribution in [0.25, 0.3) is 21.6 Å². The van der Waals surface area contributed by atoms with E-state index in [1.54, 1.807) is 17.8 Å². The fourth-order valence-corrected chi connectivity index (χ4v) is 3.79. The third-order valence-corrected chi connectivity index (χ3v) is 5.32. The molecule has 0 aliphatic heterocycles. The Morgan fingerprint density at radius 2 is 2.10 bits per heavy atom. The quantitative estimate of drug-likeness (QED) is 0.454. The Hall–Kier alpha value is -3.21. The van der Waals surface area contributed by atoms with Crippen molar-refractivity contribution >= 4 is 27.5 Å². The van der Waals surface area contributed by atoms with Gasteiger partial charge in [-0.05, 0) is 25.1 Å². The van der Waals surface area contributed by atoms with E-state index in [2.05, 4.69) is 15.2 Å². The normalized spacial score (nSPS) is 11.9. The van der Waals surface area contributed by atoms with E-state index in [0.29, 0.717) is 4.88 Å². The van der Waals surface area contributed by atoms with Gasteiger partial charge in [0.25, 0.3) is 5.89 Å². The van der Waals surface area contributed by atoms with E-state index in [1.807, 2.05) is 6.92 Å². The number of hydrogen-bond acceptors (Lipinski definition) is 7. The topological polar surface area (TPSA) is 83.0 Å². The molecule has 3 aromatic heterocycles. The van der Waals surface area contributed by atoms with Gasteiger partial charge in [-0.3, -0.25) is 4.68 Å². The zero-order chi connectivity index (χ0) is 20.8. The molecule has 150 valence electrons. The largest absolute Gasteiger partial charge is 0.451 e. The van der Waals surface area contributed by atoms with Gasteiger partial charge in [0.15, 0.2) is 6.61 Å². The second-order valence-corrected chi connectivity index (χ2v) is 7.24. The van der Waals surface area contributed by atoms with Gasteiger partial charge in [0.1, 0.15) is 9.71 Å². The van der Waals surface area contributed by atoms with Crippen molar-refractivity contribution in [1.29, 1.82) is 0 Å². The Morgan fingerprint density at radius 3 is 2.83 bits per heavy atom. The number of nitrogens with zero attached hydrogens (tertiary/aromatic N) is 4. The number of aryl methyl sites for hydroxylation is 2. The third kappa shape index (κ3) is 3.73. The van der Waals surface area contributed by atoms with Crippen molar-refractivity contribution in [3.05, 3.63) is 52.4 Å². The number of halogens is 3. The van der Waals surface area contributed by atoms with Gasteiger partial charge < -0.3 is 9.26 Å². The van der Waals surface area contributed by atoms with Crippen molar-refractivity contribution in [2.45, 2.75) is 19.7 Å². The molecule has 0 saturated carbocycles. The number of hydrogen-bond donors (Lipinski definition) is 0. The molecule has 0 fully saturated rings. The first-order valence-electron chi connectivity index (χ1n) is 8.33. The zero-order valence-corrected chi connectivity index (χ0v) is 16.0. The standard InChI is InChI=1S/C18H13F3N4O3S/c1-9-12-7-13(29-16(12)25(2)23-9)17(26)27-8-14-22-15(24-28-14)10-4-3-5-11(6-10)18(19,20)21/h3-7H,8H2,1-2H3. The van der Waals surface area contributed by atoms with Crippen LogP contribution in [0.1, 0.15) is 26.8 Å². The van der Waals surface area contributed by atoms with Gasteiger partial charge in [0.2, 0.25) is 5.82 Å². The number of benzene rings is 1. The fraction of sp³-hybridized carbons (Fsp3) is 0.222. The van der Waals surface area contributed by atoms with E-state index >= 15 is 0 Å². The second kappa shape index (κ2) is 6.99. The van der Waals surface area contributed by atoms with Crippen LogP contribution < -0.4 is 0 Å². The van der Waals surface area contributed by atoms with Crippen LogP contribution in [-0.4, -0.2) is 25.9 Å². The molecule has 0 N–H and O–H groups in total. The number of rotatable bonds is 4. The predicted molar refractivity (Wildman–Crippen MR) is 97.2 cm³/mol. The van der Waals surface area contributed by atoms with Crippen molar-refractivity contribution in [2.24, 2.45) is 7.05 Å². The molecule has 29 heavy (non-hydrogen) atoms. The highest BCUT2D eigenvalue weighted by Crippen LogP contribution is 2.31. The molecule has 0 atom stereocenters. The maximum atomic E-state index is 12.8. The molecule has 0 saturated heterocycles. The van der Waals surface area contributed by atoms with Crippen LogP contribution in [0.2, 0.25) is 0 Å². The average Bonchev–Trinajstić information content (AvgIpc) is 3.37. The molecule has 0 aliphatic rings. The maximum Gasteiger partial charge on any atom is 0.416 e. The lowest BCUT2D eigenvalue weighted by Crippen LogP contribution is -2.04. The summed E-state index contributed by atoms with van der Waals surface area (Å²) in [6.45, 7) is 1.55. The summed E-state index contributed by atoms with van der Waals surface area (Å²) >= 11 is 1.25. The monoisotopic (exact) mass is 422 g/mol. The highest BCUT2D eigenvalue weighted by molar-refractivity contribution is 7.20. The van der Waals surface area contributed by atoms with Crippen molar-refractivity contribution in [2.75, 3.05) is 0 Å². The molecule has 4 aromatic rings. The molecule has 0 bridgehead atoms. The first kappa shape index (κ1) is 19.1. The van der Waals surface area contributed by atoms with Crippen LogP contribution in [0.3, 0.4) is 0 Å². The van der Waals surface area contributed by atoms with E-state index < -0.39 is 17.7 Å². The van der Waals surface area contributed by atoms with Gasteiger partial charge >= 0.3 is 12.1 Å². The van der Waals surface area contributed by atoms with Crippen molar-refractivity contribution < 1.29 is 27.2 Å². The highest BCUT2D eigenvalue weighted by atomic mass is 32.1. The van der Waals surface area contributed by atoms with Crippen LogP contribution in [0, 0.1) is 6.92 Å². The van der Waals surface area contributed by atoms with Crippen LogP contribution in [0.4, 0.5) is 13.2 Å². The van der Waals surface area contributed by atoms with Crippen LogP contribution in [-0.2, 0) is 24.6 Å². The number of fused-ring (bicyclic) bond motifs is 1. The SMILES string of the molecule is Cc1nn(C)c2sc(C(=O)OCc3nc(-c4cccc(C(F)(F)F)c4)no3)cc12. The van der Waals surface area contributed by atoms with E-state index in [0.717, 1.165) is 28.0 Å². The van der Waals surface area contributed by atoms with Crippen LogP contribution in [0.5, 0.6) is 0 Å². The van der Waals surface area contributed by atoms with Gasteiger partial charge in [-0.2, -0.15) is 23.3 Å². The molecule has 1 aromatic carbocycles. The maximum absolute atomic E-state index is 12.8. The molecular weight excluding hydrogens is 409 g/mol. The summed E-state index contributed by atoms with van der Waals surface area (Å²) < 4.78 is 50.4. The third-order valence-electron chi connectivity index (χ3n) is 4.14. The molecule has 0 amide bonds. The lowest BCUT2D eigenvalue weighted by molar-refractivity contribution is -0.137. The number of esters is 1.